The highest BCUT2D eigenvalue weighted by Crippen LogP contribution is 2.26. The number of pyridine rings is 1. The minimum Gasteiger partial charge on any atom is -0.348 e. The van der Waals surface area contributed by atoms with Crippen LogP contribution in [0.4, 0.5) is 5.13 Å². The summed E-state index contributed by atoms with van der Waals surface area (Å²) in [4.78, 5) is 27.9. The molecule has 0 radical (unpaired) electrons. The summed E-state index contributed by atoms with van der Waals surface area (Å²) >= 11 is 1.71. The van der Waals surface area contributed by atoms with Crippen molar-refractivity contribution in [1.82, 2.24) is 19.5 Å². The quantitative estimate of drug-likeness (QED) is 0.709. The molecule has 0 spiro atoms. The molecule has 1 aliphatic rings. The predicted molar refractivity (Wildman–Crippen MR) is 104 cm³/mol. The number of aromatic nitrogens is 4. The van der Waals surface area contributed by atoms with Crippen molar-refractivity contribution in [2.24, 2.45) is 5.92 Å². The van der Waals surface area contributed by atoms with Crippen LogP contribution in [0.2, 0.25) is 0 Å². The Morgan fingerprint density at radius 2 is 2.15 bits per heavy atom. The number of hydrogen-bond donors (Lipinski definition) is 0. The third-order valence-corrected chi connectivity index (χ3v) is 5.80. The lowest BCUT2D eigenvalue weighted by atomic mass is 9.97. The first-order valence-corrected chi connectivity index (χ1v) is 9.71. The lowest BCUT2D eigenvalue weighted by Gasteiger charge is -2.31. The summed E-state index contributed by atoms with van der Waals surface area (Å²) in [7, 11) is 0. The largest absolute Gasteiger partial charge is 0.348 e. The van der Waals surface area contributed by atoms with Gasteiger partial charge in [0, 0.05) is 49.0 Å². The van der Waals surface area contributed by atoms with Crippen molar-refractivity contribution < 1.29 is 0 Å². The van der Waals surface area contributed by atoms with Crippen molar-refractivity contribution >= 4 is 16.5 Å². The highest BCUT2D eigenvalue weighted by atomic mass is 32.1. The SMILES string of the molecule is Cc1csc(N2CCC(Cn3cnc(-c4cccnc4)cc3=O)CC2)n1. The van der Waals surface area contributed by atoms with Gasteiger partial charge >= 0.3 is 0 Å². The molecular formula is C19H21N5OS. The lowest BCUT2D eigenvalue weighted by molar-refractivity contribution is 0.351. The Hall–Kier alpha value is -2.54. The van der Waals surface area contributed by atoms with E-state index in [2.05, 4.69) is 25.2 Å². The zero-order valence-electron chi connectivity index (χ0n) is 14.7. The lowest BCUT2D eigenvalue weighted by Crippen LogP contribution is -2.36. The second kappa shape index (κ2) is 7.37. The molecule has 0 N–H and O–H groups in total. The van der Waals surface area contributed by atoms with E-state index in [9.17, 15) is 4.79 Å². The second-order valence-electron chi connectivity index (χ2n) is 6.71. The van der Waals surface area contributed by atoms with Crippen molar-refractivity contribution in [3.05, 3.63) is 58.3 Å². The minimum atomic E-state index is -0.00293. The first-order chi connectivity index (χ1) is 12.7. The molecule has 0 amide bonds. The molecule has 0 aliphatic carbocycles. The number of piperidine rings is 1. The molecule has 0 atom stereocenters. The Bertz CT molecular complexity index is 928. The third kappa shape index (κ3) is 3.67. The topological polar surface area (TPSA) is 63.9 Å². The highest BCUT2D eigenvalue weighted by molar-refractivity contribution is 7.13. The van der Waals surface area contributed by atoms with Crippen LogP contribution in [0.3, 0.4) is 0 Å². The highest BCUT2D eigenvalue weighted by Gasteiger charge is 2.21. The van der Waals surface area contributed by atoms with Gasteiger partial charge in [-0.25, -0.2) is 9.97 Å². The zero-order valence-corrected chi connectivity index (χ0v) is 15.5. The van der Waals surface area contributed by atoms with Gasteiger partial charge in [-0.2, -0.15) is 0 Å². The molecule has 0 aromatic carbocycles. The van der Waals surface area contributed by atoms with Crippen molar-refractivity contribution in [2.75, 3.05) is 18.0 Å². The Balaban J connectivity index is 1.40. The molecular weight excluding hydrogens is 346 g/mol. The van der Waals surface area contributed by atoms with E-state index in [-0.39, 0.29) is 5.56 Å². The van der Waals surface area contributed by atoms with Crippen LogP contribution in [0.15, 0.2) is 47.1 Å². The van der Waals surface area contributed by atoms with Crippen LogP contribution in [-0.2, 0) is 6.54 Å². The number of thiazole rings is 1. The molecule has 4 rings (SSSR count). The molecule has 0 bridgehead atoms. The third-order valence-electron chi connectivity index (χ3n) is 4.78. The van der Waals surface area contributed by atoms with Crippen molar-refractivity contribution in [2.45, 2.75) is 26.3 Å². The van der Waals surface area contributed by atoms with E-state index in [1.165, 1.54) is 0 Å². The fourth-order valence-corrected chi connectivity index (χ4v) is 4.16. The fourth-order valence-electron chi connectivity index (χ4n) is 3.31. The van der Waals surface area contributed by atoms with Gasteiger partial charge in [-0.1, -0.05) is 0 Å². The number of anilines is 1. The average molecular weight is 367 g/mol. The van der Waals surface area contributed by atoms with E-state index in [4.69, 9.17) is 0 Å². The van der Waals surface area contributed by atoms with E-state index in [1.54, 1.807) is 40.7 Å². The van der Waals surface area contributed by atoms with Gasteiger partial charge in [0.25, 0.3) is 5.56 Å². The predicted octanol–water partition coefficient (Wildman–Crippen LogP) is 2.99. The minimum absolute atomic E-state index is 0.00293. The van der Waals surface area contributed by atoms with Crippen molar-refractivity contribution in [1.29, 1.82) is 0 Å². The smallest absolute Gasteiger partial charge is 0.253 e. The van der Waals surface area contributed by atoms with Gasteiger partial charge in [-0.15, -0.1) is 11.3 Å². The Labute approximate surface area is 156 Å². The van der Waals surface area contributed by atoms with Gasteiger partial charge in [-0.05, 0) is 37.8 Å². The van der Waals surface area contributed by atoms with Crippen LogP contribution in [0.5, 0.6) is 0 Å². The normalized spacial score (nSPS) is 15.3. The van der Waals surface area contributed by atoms with Gasteiger partial charge in [0.1, 0.15) is 0 Å². The molecule has 0 saturated carbocycles. The summed E-state index contributed by atoms with van der Waals surface area (Å²) in [6.07, 6.45) is 7.23. The summed E-state index contributed by atoms with van der Waals surface area (Å²) in [5.74, 6) is 0.496. The number of rotatable bonds is 4. The number of aryl methyl sites for hydroxylation is 1. The van der Waals surface area contributed by atoms with Crippen LogP contribution >= 0.6 is 11.3 Å². The molecule has 3 aromatic rings. The molecule has 3 aromatic heterocycles. The van der Waals surface area contributed by atoms with Crippen LogP contribution < -0.4 is 10.5 Å². The van der Waals surface area contributed by atoms with Gasteiger partial charge in [0.05, 0.1) is 17.7 Å². The molecule has 1 aliphatic heterocycles. The first kappa shape index (κ1) is 16.9. The first-order valence-electron chi connectivity index (χ1n) is 8.83. The van der Waals surface area contributed by atoms with Crippen molar-refractivity contribution in [3.8, 4) is 11.3 Å². The fraction of sp³-hybridized carbons (Fsp3) is 0.368. The molecule has 134 valence electrons. The summed E-state index contributed by atoms with van der Waals surface area (Å²) in [6, 6.07) is 5.36. The molecule has 1 saturated heterocycles. The summed E-state index contributed by atoms with van der Waals surface area (Å²) in [5, 5.41) is 3.21. The molecule has 26 heavy (non-hydrogen) atoms. The standard InChI is InChI=1S/C19H21N5OS/c1-14-12-26-19(22-14)23-7-4-15(5-8-23)11-24-13-21-17(9-18(24)25)16-3-2-6-20-10-16/h2-3,6,9-10,12-13,15H,4-5,7-8,11H2,1H3. The van der Waals surface area contributed by atoms with Gasteiger partial charge < -0.3 is 4.90 Å². The van der Waals surface area contributed by atoms with Gasteiger partial charge in [0.2, 0.25) is 0 Å². The maximum absolute atomic E-state index is 12.5. The van der Waals surface area contributed by atoms with Gasteiger partial charge in [-0.3, -0.25) is 14.3 Å². The van der Waals surface area contributed by atoms with E-state index in [1.807, 2.05) is 19.1 Å². The maximum atomic E-state index is 12.5. The average Bonchev–Trinajstić information content (AvgIpc) is 3.11. The maximum Gasteiger partial charge on any atom is 0.253 e. The zero-order chi connectivity index (χ0) is 17.9. The van der Waals surface area contributed by atoms with E-state index >= 15 is 0 Å². The number of nitrogens with zero attached hydrogens (tertiary/aromatic N) is 5. The molecule has 1 fully saturated rings. The van der Waals surface area contributed by atoms with E-state index < -0.39 is 0 Å². The van der Waals surface area contributed by atoms with Crippen LogP contribution in [0.1, 0.15) is 18.5 Å². The number of hydrogen-bond acceptors (Lipinski definition) is 6. The Kier molecular flexibility index (Phi) is 4.79. The van der Waals surface area contributed by atoms with E-state index in [0.717, 1.165) is 48.9 Å². The summed E-state index contributed by atoms with van der Waals surface area (Å²) in [6.45, 7) is 4.74. The Morgan fingerprint density at radius 3 is 2.81 bits per heavy atom. The Morgan fingerprint density at radius 1 is 1.31 bits per heavy atom. The molecule has 0 unspecified atom stereocenters. The monoisotopic (exact) mass is 367 g/mol. The second-order valence-corrected chi connectivity index (χ2v) is 7.54. The van der Waals surface area contributed by atoms with Crippen LogP contribution in [0.25, 0.3) is 11.3 Å². The van der Waals surface area contributed by atoms with Gasteiger partial charge in [0.15, 0.2) is 5.13 Å². The van der Waals surface area contributed by atoms with Crippen molar-refractivity contribution in [3.63, 3.8) is 0 Å². The molecule has 4 heterocycles. The molecule has 6 nitrogen and oxygen atoms in total. The van der Waals surface area contributed by atoms with Crippen LogP contribution in [0, 0.1) is 12.8 Å². The summed E-state index contributed by atoms with van der Waals surface area (Å²) < 4.78 is 1.73. The van der Waals surface area contributed by atoms with Crippen LogP contribution in [-0.4, -0.2) is 32.6 Å². The van der Waals surface area contributed by atoms with E-state index in [0.29, 0.717) is 11.6 Å². The molecule has 7 heteroatoms. The summed E-state index contributed by atoms with van der Waals surface area (Å²) in [5.41, 5.74) is 2.62.